The number of carbonyl (C=O) groups is 1. The number of rotatable bonds is 4. The van der Waals surface area contributed by atoms with Crippen molar-refractivity contribution in [1.82, 2.24) is 0 Å². The van der Waals surface area contributed by atoms with Crippen molar-refractivity contribution in [2.24, 2.45) is 5.73 Å². The number of benzene rings is 1. The molecule has 0 saturated carbocycles. The first-order chi connectivity index (χ1) is 9.49. The summed E-state index contributed by atoms with van der Waals surface area (Å²) in [5, 5.41) is 15.2. The van der Waals surface area contributed by atoms with Crippen LogP contribution < -0.4 is 11.1 Å². The topological polar surface area (TPSA) is 98.3 Å². The van der Waals surface area contributed by atoms with Crippen LogP contribution in [0.15, 0.2) is 40.2 Å². The number of hydrogen-bond donors (Lipinski definition) is 2. The first-order valence-corrected chi connectivity index (χ1v) is 7.20. The van der Waals surface area contributed by atoms with E-state index in [1.807, 2.05) is 11.4 Å². The Kier molecular flexibility index (Phi) is 4.48. The number of nitro groups is 1. The third-order valence-corrected chi connectivity index (χ3v) is 4.13. The summed E-state index contributed by atoms with van der Waals surface area (Å²) in [6, 6.07) is 7.08. The summed E-state index contributed by atoms with van der Waals surface area (Å²) in [4.78, 5) is 22.9. The summed E-state index contributed by atoms with van der Waals surface area (Å²) in [5.74, 6) is -0.367. The van der Waals surface area contributed by atoms with Crippen LogP contribution >= 0.6 is 27.3 Å². The highest BCUT2D eigenvalue weighted by molar-refractivity contribution is 9.10. The Balaban J connectivity index is 2.12. The van der Waals surface area contributed by atoms with E-state index < -0.39 is 11.0 Å². The van der Waals surface area contributed by atoms with Crippen LogP contribution in [0, 0.1) is 10.1 Å². The van der Waals surface area contributed by atoms with Gasteiger partial charge in [-0.25, -0.2) is 0 Å². The second-order valence-corrected chi connectivity index (χ2v) is 5.74. The summed E-state index contributed by atoms with van der Waals surface area (Å²) in [6.07, 6.45) is 0. The van der Waals surface area contributed by atoms with E-state index in [0.717, 1.165) is 4.88 Å². The second-order valence-electron chi connectivity index (χ2n) is 3.91. The maximum absolute atomic E-state index is 12.0. The molecule has 0 aliphatic rings. The lowest BCUT2D eigenvalue weighted by Gasteiger charge is -2.11. The van der Waals surface area contributed by atoms with Crippen LogP contribution in [-0.2, 0) is 4.79 Å². The standard InChI is InChI=1S/C12H10BrN3O3S/c13-8-6-7(3-4-9(8)16(18)19)15-12(17)11(14)10-2-1-5-20-10/h1-6,11H,14H2,(H,15,17). The molecule has 6 nitrogen and oxygen atoms in total. The third-order valence-electron chi connectivity index (χ3n) is 2.54. The Morgan fingerprint density at radius 2 is 2.20 bits per heavy atom. The van der Waals surface area contributed by atoms with Crippen LogP contribution in [-0.4, -0.2) is 10.8 Å². The molecular formula is C12H10BrN3O3S. The molecule has 104 valence electrons. The molecule has 1 aromatic heterocycles. The highest BCUT2D eigenvalue weighted by Crippen LogP contribution is 2.28. The van der Waals surface area contributed by atoms with Crippen molar-refractivity contribution in [3.63, 3.8) is 0 Å². The molecule has 3 N–H and O–H groups in total. The van der Waals surface area contributed by atoms with Gasteiger partial charge in [-0.05, 0) is 39.5 Å². The Morgan fingerprint density at radius 1 is 1.45 bits per heavy atom. The van der Waals surface area contributed by atoms with E-state index in [0.29, 0.717) is 10.2 Å². The zero-order chi connectivity index (χ0) is 14.7. The number of nitrogens with two attached hydrogens (primary N) is 1. The summed E-state index contributed by atoms with van der Waals surface area (Å²) >= 11 is 4.49. The van der Waals surface area contributed by atoms with Gasteiger partial charge in [-0.3, -0.25) is 14.9 Å². The van der Waals surface area contributed by atoms with E-state index in [9.17, 15) is 14.9 Å². The SMILES string of the molecule is NC(C(=O)Nc1ccc([N+](=O)[O-])c(Br)c1)c1cccs1. The van der Waals surface area contributed by atoms with Crippen LogP contribution in [0.2, 0.25) is 0 Å². The monoisotopic (exact) mass is 355 g/mol. The number of nitro benzene ring substituents is 1. The number of nitrogens with one attached hydrogen (secondary N) is 1. The largest absolute Gasteiger partial charge is 0.324 e. The van der Waals surface area contributed by atoms with Crippen molar-refractivity contribution in [3.8, 4) is 0 Å². The Bertz CT molecular complexity index is 645. The number of carbonyl (C=O) groups excluding carboxylic acids is 1. The molecule has 20 heavy (non-hydrogen) atoms. The summed E-state index contributed by atoms with van der Waals surface area (Å²) < 4.78 is 0.296. The Labute approximate surface area is 126 Å². The maximum atomic E-state index is 12.0. The van der Waals surface area contributed by atoms with Gasteiger partial charge in [-0.1, -0.05) is 6.07 Å². The van der Waals surface area contributed by atoms with Crippen molar-refractivity contribution in [3.05, 3.63) is 55.2 Å². The van der Waals surface area contributed by atoms with Gasteiger partial charge in [0.1, 0.15) is 6.04 Å². The average molecular weight is 356 g/mol. The van der Waals surface area contributed by atoms with Crippen molar-refractivity contribution < 1.29 is 9.72 Å². The van der Waals surface area contributed by atoms with E-state index in [4.69, 9.17) is 5.73 Å². The Morgan fingerprint density at radius 3 is 2.75 bits per heavy atom. The van der Waals surface area contributed by atoms with Gasteiger partial charge in [0.2, 0.25) is 5.91 Å². The molecule has 0 aliphatic carbocycles. The Hall–Kier alpha value is -1.77. The van der Waals surface area contributed by atoms with Crippen molar-refractivity contribution in [2.45, 2.75) is 6.04 Å². The molecule has 2 aromatic rings. The van der Waals surface area contributed by atoms with Crippen LogP contribution in [0.3, 0.4) is 0 Å². The zero-order valence-corrected chi connectivity index (χ0v) is 12.5. The third kappa shape index (κ3) is 3.21. The van der Waals surface area contributed by atoms with Gasteiger partial charge in [0, 0.05) is 16.6 Å². The minimum Gasteiger partial charge on any atom is -0.324 e. The fourth-order valence-corrected chi connectivity index (χ4v) is 2.80. The number of amides is 1. The van der Waals surface area contributed by atoms with E-state index in [-0.39, 0.29) is 11.6 Å². The van der Waals surface area contributed by atoms with E-state index in [2.05, 4.69) is 21.2 Å². The lowest BCUT2D eigenvalue weighted by atomic mass is 10.2. The second kappa shape index (κ2) is 6.12. The van der Waals surface area contributed by atoms with Crippen LogP contribution in [0.4, 0.5) is 11.4 Å². The molecule has 1 heterocycles. The lowest BCUT2D eigenvalue weighted by Crippen LogP contribution is -2.26. The van der Waals surface area contributed by atoms with E-state index in [1.54, 1.807) is 6.07 Å². The molecule has 0 bridgehead atoms. The minimum atomic E-state index is -0.760. The van der Waals surface area contributed by atoms with E-state index >= 15 is 0 Å². The predicted octanol–water partition coefficient (Wildman–Crippen LogP) is 3.06. The van der Waals surface area contributed by atoms with Gasteiger partial charge in [-0.15, -0.1) is 11.3 Å². The molecule has 0 aliphatic heterocycles. The van der Waals surface area contributed by atoms with Crippen LogP contribution in [0.1, 0.15) is 10.9 Å². The molecule has 1 aromatic carbocycles. The molecule has 0 spiro atoms. The zero-order valence-electron chi connectivity index (χ0n) is 10.1. The van der Waals surface area contributed by atoms with Crippen molar-refractivity contribution in [1.29, 1.82) is 0 Å². The summed E-state index contributed by atoms with van der Waals surface area (Å²) in [6.45, 7) is 0. The molecule has 1 amide bonds. The van der Waals surface area contributed by atoms with Gasteiger partial charge >= 0.3 is 0 Å². The highest BCUT2D eigenvalue weighted by atomic mass is 79.9. The first-order valence-electron chi connectivity index (χ1n) is 5.53. The van der Waals surface area contributed by atoms with Crippen molar-refractivity contribution >= 4 is 44.5 Å². The highest BCUT2D eigenvalue weighted by Gasteiger charge is 2.18. The van der Waals surface area contributed by atoms with E-state index in [1.165, 1.54) is 29.5 Å². The normalized spacial score (nSPS) is 11.9. The van der Waals surface area contributed by atoms with Gasteiger partial charge in [0.15, 0.2) is 0 Å². The maximum Gasteiger partial charge on any atom is 0.283 e. The first kappa shape index (κ1) is 14.6. The quantitative estimate of drug-likeness (QED) is 0.650. The summed E-state index contributed by atoms with van der Waals surface area (Å²) in [7, 11) is 0. The lowest BCUT2D eigenvalue weighted by molar-refractivity contribution is -0.385. The summed E-state index contributed by atoms with van der Waals surface area (Å²) in [5.41, 5.74) is 6.21. The molecular weight excluding hydrogens is 346 g/mol. The van der Waals surface area contributed by atoms with Gasteiger partial charge in [0.25, 0.3) is 5.69 Å². The van der Waals surface area contributed by atoms with Gasteiger partial charge in [0.05, 0.1) is 9.40 Å². The molecule has 2 rings (SSSR count). The molecule has 8 heteroatoms. The van der Waals surface area contributed by atoms with Gasteiger partial charge < -0.3 is 11.1 Å². The fourth-order valence-electron chi connectivity index (χ4n) is 1.55. The molecule has 1 atom stereocenters. The predicted molar refractivity (Wildman–Crippen MR) is 80.7 cm³/mol. The molecule has 0 saturated heterocycles. The number of halogens is 1. The van der Waals surface area contributed by atoms with Crippen LogP contribution in [0.25, 0.3) is 0 Å². The number of hydrogen-bond acceptors (Lipinski definition) is 5. The average Bonchev–Trinajstić information content (AvgIpc) is 2.91. The smallest absolute Gasteiger partial charge is 0.283 e. The molecule has 1 unspecified atom stereocenters. The van der Waals surface area contributed by atoms with Crippen LogP contribution in [0.5, 0.6) is 0 Å². The number of thiophene rings is 1. The van der Waals surface area contributed by atoms with Crippen molar-refractivity contribution in [2.75, 3.05) is 5.32 Å². The molecule has 0 fully saturated rings. The number of nitrogens with zero attached hydrogens (tertiary/aromatic N) is 1. The number of anilines is 1. The molecule has 0 radical (unpaired) electrons. The minimum absolute atomic E-state index is 0.0643. The van der Waals surface area contributed by atoms with Gasteiger partial charge in [-0.2, -0.15) is 0 Å². The fraction of sp³-hybridized carbons (Fsp3) is 0.0833.